The van der Waals surface area contributed by atoms with Crippen molar-refractivity contribution in [3.05, 3.63) is 18.0 Å². The van der Waals surface area contributed by atoms with Crippen LogP contribution in [0, 0.1) is 0 Å². The zero-order valence-electron chi connectivity index (χ0n) is 13.1. The Balaban J connectivity index is 1.50. The molecule has 0 aliphatic carbocycles. The molecule has 22 heavy (non-hydrogen) atoms. The second-order valence-corrected chi connectivity index (χ2v) is 6.15. The molecule has 7 nitrogen and oxygen atoms in total. The zero-order valence-corrected chi connectivity index (χ0v) is 13.1. The molecule has 2 N–H and O–H groups in total. The first-order valence-corrected chi connectivity index (χ1v) is 8.06. The summed E-state index contributed by atoms with van der Waals surface area (Å²) in [6.07, 6.45) is 4.22. The minimum Gasteiger partial charge on any atom is -0.374 e. The van der Waals surface area contributed by atoms with Crippen LogP contribution in [0.5, 0.6) is 0 Å². The first-order chi connectivity index (χ1) is 10.7. The van der Waals surface area contributed by atoms with E-state index in [9.17, 15) is 4.79 Å². The molecule has 3 heterocycles. The smallest absolute Gasteiger partial charge is 0.271 e. The van der Waals surface area contributed by atoms with Gasteiger partial charge in [0.25, 0.3) is 5.91 Å². The summed E-state index contributed by atoms with van der Waals surface area (Å²) in [7, 11) is 2.07. The molecule has 2 saturated heterocycles. The number of hydrogen-bond donors (Lipinski definition) is 2. The molecule has 0 bridgehead atoms. The molecule has 0 aromatic carbocycles. The molecule has 2 aliphatic heterocycles. The molecule has 0 radical (unpaired) electrons. The third-order valence-electron chi connectivity index (χ3n) is 4.32. The molecule has 3 rings (SSSR count). The Hall–Kier alpha value is -1.44. The van der Waals surface area contributed by atoms with E-state index >= 15 is 0 Å². The Morgan fingerprint density at radius 1 is 1.59 bits per heavy atom. The summed E-state index contributed by atoms with van der Waals surface area (Å²) in [5.74, 6) is -0.126. The minimum atomic E-state index is -0.126. The van der Waals surface area contributed by atoms with Gasteiger partial charge < -0.3 is 20.3 Å². The third kappa shape index (κ3) is 3.85. The summed E-state index contributed by atoms with van der Waals surface area (Å²) in [6, 6.07) is 2.14. The number of likely N-dealkylation sites (N-methyl/N-ethyl adjacent to an activating group) is 1. The standard InChI is InChI=1S/C15H25N5O2/c1-19-7-8-22-13(11-19)10-17-15(21)14-4-6-20(18-14)12-3-2-5-16-9-12/h4,6,12-13,16H,2-3,5,7-11H2,1H3,(H,17,21). The highest BCUT2D eigenvalue weighted by molar-refractivity contribution is 5.92. The number of ether oxygens (including phenoxy) is 1. The average molecular weight is 307 g/mol. The average Bonchev–Trinajstić information content (AvgIpc) is 3.04. The number of piperidine rings is 1. The fourth-order valence-electron chi connectivity index (χ4n) is 3.01. The number of morpholine rings is 1. The lowest BCUT2D eigenvalue weighted by Gasteiger charge is -2.29. The van der Waals surface area contributed by atoms with Gasteiger partial charge in [-0.3, -0.25) is 9.48 Å². The lowest BCUT2D eigenvalue weighted by Crippen LogP contribution is -2.46. The largest absolute Gasteiger partial charge is 0.374 e. The molecule has 1 amide bonds. The predicted molar refractivity (Wildman–Crippen MR) is 82.9 cm³/mol. The van der Waals surface area contributed by atoms with Crippen molar-refractivity contribution in [3.63, 3.8) is 0 Å². The van der Waals surface area contributed by atoms with Crippen LogP contribution in [-0.2, 0) is 4.74 Å². The van der Waals surface area contributed by atoms with Crippen molar-refractivity contribution in [1.82, 2.24) is 25.3 Å². The number of rotatable bonds is 4. The van der Waals surface area contributed by atoms with Crippen LogP contribution in [0.25, 0.3) is 0 Å². The summed E-state index contributed by atoms with van der Waals surface area (Å²) >= 11 is 0. The maximum atomic E-state index is 12.2. The zero-order chi connectivity index (χ0) is 15.4. The Morgan fingerprint density at radius 2 is 2.50 bits per heavy atom. The molecule has 0 spiro atoms. The van der Waals surface area contributed by atoms with Crippen LogP contribution in [0.2, 0.25) is 0 Å². The Bertz CT molecular complexity index is 498. The van der Waals surface area contributed by atoms with Gasteiger partial charge in [0.05, 0.1) is 18.8 Å². The minimum absolute atomic E-state index is 0.0623. The third-order valence-corrected chi connectivity index (χ3v) is 4.32. The van der Waals surface area contributed by atoms with E-state index in [0.29, 0.717) is 18.3 Å². The summed E-state index contributed by atoms with van der Waals surface area (Å²) in [5.41, 5.74) is 0.481. The van der Waals surface area contributed by atoms with Crippen molar-refractivity contribution in [1.29, 1.82) is 0 Å². The second-order valence-electron chi connectivity index (χ2n) is 6.15. The van der Waals surface area contributed by atoms with Crippen molar-refractivity contribution in [2.45, 2.75) is 25.0 Å². The summed E-state index contributed by atoms with van der Waals surface area (Å²) < 4.78 is 7.55. The number of amides is 1. The monoisotopic (exact) mass is 307 g/mol. The van der Waals surface area contributed by atoms with Gasteiger partial charge in [-0.1, -0.05) is 0 Å². The maximum Gasteiger partial charge on any atom is 0.271 e. The lowest BCUT2D eigenvalue weighted by atomic mass is 10.1. The topological polar surface area (TPSA) is 71.4 Å². The van der Waals surface area contributed by atoms with Crippen molar-refractivity contribution >= 4 is 5.91 Å². The quantitative estimate of drug-likeness (QED) is 0.811. The molecular weight excluding hydrogens is 282 g/mol. The maximum absolute atomic E-state index is 12.2. The molecule has 2 fully saturated rings. The van der Waals surface area contributed by atoms with E-state index in [1.807, 2.05) is 10.9 Å². The number of carbonyl (C=O) groups excluding carboxylic acids is 1. The fourth-order valence-corrected chi connectivity index (χ4v) is 3.01. The SMILES string of the molecule is CN1CCOC(CNC(=O)c2ccn(C3CCCNC3)n2)C1. The number of carbonyl (C=O) groups is 1. The van der Waals surface area contributed by atoms with E-state index in [1.165, 1.54) is 0 Å². The molecule has 122 valence electrons. The van der Waals surface area contributed by atoms with E-state index in [4.69, 9.17) is 4.74 Å². The number of nitrogens with one attached hydrogen (secondary N) is 2. The van der Waals surface area contributed by atoms with E-state index in [2.05, 4.69) is 27.7 Å². The van der Waals surface area contributed by atoms with Crippen molar-refractivity contribution in [2.24, 2.45) is 0 Å². The van der Waals surface area contributed by atoms with E-state index in [0.717, 1.165) is 45.6 Å². The first kappa shape index (κ1) is 15.5. The predicted octanol–water partition coefficient (Wildman–Crippen LogP) is -0.132. The van der Waals surface area contributed by atoms with Gasteiger partial charge in [-0.25, -0.2) is 0 Å². The molecule has 1 aromatic rings. The van der Waals surface area contributed by atoms with Gasteiger partial charge in [0.2, 0.25) is 0 Å². The van der Waals surface area contributed by atoms with Crippen LogP contribution in [0.15, 0.2) is 12.3 Å². The summed E-state index contributed by atoms with van der Waals surface area (Å²) in [6.45, 7) is 5.04. The highest BCUT2D eigenvalue weighted by Crippen LogP contribution is 2.15. The van der Waals surface area contributed by atoms with Gasteiger partial charge in [0, 0.05) is 32.4 Å². The van der Waals surface area contributed by atoms with Crippen LogP contribution in [0.3, 0.4) is 0 Å². The van der Waals surface area contributed by atoms with E-state index < -0.39 is 0 Å². The highest BCUT2D eigenvalue weighted by atomic mass is 16.5. The fraction of sp³-hybridized carbons (Fsp3) is 0.733. The Labute approximate surface area is 131 Å². The molecule has 2 atom stereocenters. The second kappa shape index (κ2) is 7.21. The van der Waals surface area contributed by atoms with Crippen molar-refractivity contribution < 1.29 is 9.53 Å². The van der Waals surface area contributed by atoms with E-state index in [1.54, 1.807) is 6.07 Å². The molecule has 0 saturated carbocycles. The number of aromatic nitrogens is 2. The highest BCUT2D eigenvalue weighted by Gasteiger charge is 2.20. The normalized spacial score (nSPS) is 26.8. The van der Waals surface area contributed by atoms with Gasteiger partial charge in [0.1, 0.15) is 5.69 Å². The van der Waals surface area contributed by atoms with Crippen LogP contribution in [-0.4, -0.2) is 73.1 Å². The van der Waals surface area contributed by atoms with Gasteiger partial charge in [-0.15, -0.1) is 0 Å². The van der Waals surface area contributed by atoms with Crippen molar-refractivity contribution in [2.75, 3.05) is 46.4 Å². The van der Waals surface area contributed by atoms with Gasteiger partial charge in [-0.05, 0) is 32.5 Å². The molecule has 2 aliphatic rings. The van der Waals surface area contributed by atoms with Crippen LogP contribution in [0.1, 0.15) is 29.4 Å². The Morgan fingerprint density at radius 3 is 3.27 bits per heavy atom. The van der Waals surface area contributed by atoms with Crippen LogP contribution in [0.4, 0.5) is 0 Å². The molecule has 7 heteroatoms. The van der Waals surface area contributed by atoms with Gasteiger partial charge in [-0.2, -0.15) is 5.10 Å². The van der Waals surface area contributed by atoms with Crippen molar-refractivity contribution in [3.8, 4) is 0 Å². The van der Waals surface area contributed by atoms with Crippen LogP contribution < -0.4 is 10.6 Å². The van der Waals surface area contributed by atoms with E-state index in [-0.39, 0.29) is 12.0 Å². The van der Waals surface area contributed by atoms with Crippen LogP contribution >= 0.6 is 0 Å². The molecule has 2 unspecified atom stereocenters. The summed E-state index contributed by atoms with van der Waals surface area (Å²) in [5, 5.41) is 10.7. The summed E-state index contributed by atoms with van der Waals surface area (Å²) in [4.78, 5) is 14.4. The molecule has 1 aromatic heterocycles. The first-order valence-electron chi connectivity index (χ1n) is 8.06. The number of hydrogen-bond acceptors (Lipinski definition) is 5. The lowest BCUT2D eigenvalue weighted by molar-refractivity contribution is -0.0175. The number of nitrogens with zero attached hydrogens (tertiary/aromatic N) is 3. The Kier molecular flexibility index (Phi) is 5.07. The van der Waals surface area contributed by atoms with Gasteiger partial charge in [0.15, 0.2) is 0 Å². The van der Waals surface area contributed by atoms with Gasteiger partial charge >= 0.3 is 0 Å². The molecular formula is C15H25N5O2.